The number of nitrogens with zero attached hydrogens (tertiary/aromatic N) is 1. The Morgan fingerprint density at radius 2 is 1.62 bits per heavy atom. The lowest BCUT2D eigenvalue weighted by Crippen LogP contribution is -2.58. The molecule has 0 bridgehead atoms. The summed E-state index contributed by atoms with van der Waals surface area (Å²) in [4.78, 5) is 60.3. The second-order valence-corrected chi connectivity index (χ2v) is 9.78. The fourth-order valence-electron chi connectivity index (χ4n) is 4.17. The van der Waals surface area contributed by atoms with Crippen molar-refractivity contribution in [2.24, 2.45) is 11.7 Å². The van der Waals surface area contributed by atoms with Crippen LogP contribution in [0.5, 0.6) is 0 Å². The van der Waals surface area contributed by atoms with Crippen LogP contribution in [0.2, 0.25) is 0 Å². The fraction of sp³-hybridized carbons (Fsp3) is 0.423. The van der Waals surface area contributed by atoms with Gasteiger partial charge in [-0.1, -0.05) is 32.0 Å². The highest BCUT2D eigenvalue weighted by Gasteiger charge is 2.31. The van der Waals surface area contributed by atoms with Crippen molar-refractivity contribution in [1.29, 1.82) is 0 Å². The number of carboxylic acid groups (broad SMARTS) is 1. The van der Waals surface area contributed by atoms with E-state index in [4.69, 9.17) is 5.73 Å². The summed E-state index contributed by atoms with van der Waals surface area (Å²) >= 11 is 0. The van der Waals surface area contributed by atoms with E-state index in [1.165, 1.54) is 12.5 Å². The van der Waals surface area contributed by atoms with Crippen molar-refractivity contribution in [3.8, 4) is 0 Å². The molecular formula is C26H35N7O6. The van der Waals surface area contributed by atoms with Crippen molar-refractivity contribution >= 4 is 34.6 Å². The number of aliphatic hydroxyl groups is 1. The quantitative estimate of drug-likeness (QED) is 0.134. The number of amides is 3. The Bertz CT molecular complexity index is 1270. The molecule has 0 saturated heterocycles. The first-order chi connectivity index (χ1) is 18.6. The number of rotatable bonds is 14. The molecule has 2 heterocycles. The number of nitrogens with one attached hydrogen (secondary N) is 5. The maximum absolute atomic E-state index is 13.2. The van der Waals surface area contributed by atoms with Crippen LogP contribution in [0.4, 0.5) is 0 Å². The number of nitrogens with two attached hydrogens (primary N) is 1. The molecule has 210 valence electrons. The van der Waals surface area contributed by atoms with Gasteiger partial charge in [0.25, 0.3) is 0 Å². The molecule has 0 radical (unpaired) electrons. The largest absolute Gasteiger partial charge is 0.480 e. The highest BCUT2D eigenvalue weighted by atomic mass is 16.4. The molecule has 13 nitrogen and oxygen atoms in total. The summed E-state index contributed by atoms with van der Waals surface area (Å²) in [6.45, 7) is 2.83. The van der Waals surface area contributed by atoms with E-state index in [0.29, 0.717) is 5.69 Å². The number of fused-ring (bicyclic) bond motifs is 1. The van der Waals surface area contributed by atoms with E-state index in [9.17, 15) is 29.4 Å². The Balaban J connectivity index is 1.69. The number of carbonyl (C=O) groups excluding carboxylic acids is 3. The van der Waals surface area contributed by atoms with Crippen LogP contribution in [0.1, 0.15) is 31.5 Å². The summed E-state index contributed by atoms with van der Waals surface area (Å²) in [5.74, 6) is -3.46. The predicted octanol–water partition coefficient (Wildman–Crippen LogP) is -0.419. The van der Waals surface area contributed by atoms with Gasteiger partial charge in [-0.05, 0) is 30.4 Å². The summed E-state index contributed by atoms with van der Waals surface area (Å²) in [6, 6.07) is 2.82. The molecule has 3 amide bonds. The van der Waals surface area contributed by atoms with E-state index in [2.05, 4.69) is 30.9 Å². The normalized spacial score (nSPS) is 14.4. The highest BCUT2D eigenvalue weighted by Crippen LogP contribution is 2.19. The van der Waals surface area contributed by atoms with Gasteiger partial charge in [-0.25, -0.2) is 9.78 Å². The fourth-order valence-corrected chi connectivity index (χ4v) is 4.17. The summed E-state index contributed by atoms with van der Waals surface area (Å²) in [5, 5.41) is 27.5. The average molecular weight is 542 g/mol. The van der Waals surface area contributed by atoms with Gasteiger partial charge in [-0.15, -0.1) is 0 Å². The molecule has 0 aliphatic rings. The van der Waals surface area contributed by atoms with Crippen LogP contribution in [0.15, 0.2) is 43.0 Å². The van der Waals surface area contributed by atoms with Crippen molar-refractivity contribution in [2.75, 3.05) is 6.61 Å². The molecule has 13 heteroatoms. The molecule has 0 aliphatic heterocycles. The third-order valence-corrected chi connectivity index (χ3v) is 6.20. The van der Waals surface area contributed by atoms with Gasteiger partial charge in [0.1, 0.15) is 18.1 Å². The lowest BCUT2D eigenvalue weighted by atomic mass is 10.0. The van der Waals surface area contributed by atoms with Crippen LogP contribution in [0.25, 0.3) is 10.9 Å². The third kappa shape index (κ3) is 8.12. The zero-order valence-corrected chi connectivity index (χ0v) is 21.8. The van der Waals surface area contributed by atoms with E-state index < -0.39 is 54.5 Å². The van der Waals surface area contributed by atoms with E-state index in [0.717, 1.165) is 16.5 Å². The number of hydrogen-bond donors (Lipinski definition) is 8. The first-order valence-electron chi connectivity index (χ1n) is 12.6. The second kappa shape index (κ2) is 13.5. The molecule has 0 spiro atoms. The van der Waals surface area contributed by atoms with Crippen LogP contribution >= 0.6 is 0 Å². The number of aliphatic carboxylic acids is 1. The molecule has 0 saturated carbocycles. The molecule has 9 N–H and O–H groups in total. The van der Waals surface area contributed by atoms with Crippen molar-refractivity contribution in [1.82, 2.24) is 30.9 Å². The molecule has 0 aliphatic carbocycles. The molecule has 39 heavy (non-hydrogen) atoms. The number of H-pyrrole nitrogens is 2. The number of aromatic nitrogens is 3. The molecule has 2 aromatic heterocycles. The number of aromatic amines is 2. The maximum atomic E-state index is 13.2. The zero-order valence-electron chi connectivity index (χ0n) is 21.8. The van der Waals surface area contributed by atoms with E-state index in [1.807, 2.05) is 24.3 Å². The zero-order chi connectivity index (χ0) is 28.5. The van der Waals surface area contributed by atoms with Gasteiger partial charge in [-0.2, -0.15) is 0 Å². The van der Waals surface area contributed by atoms with Gasteiger partial charge in [0.15, 0.2) is 0 Å². The molecule has 3 aromatic rings. The van der Waals surface area contributed by atoms with Crippen LogP contribution in [0, 0.1) is 5.92 Å². The standard InChI is InChI=1S/C26H35N7O6/c1-14(2)7-21(26(38)39)32-25(37)22(12-34)33-24(36)20(9-16-11-28-13-30-16)31-23(35)18(27)8-15-10-29-19-6-4-3-5-17(15)19/h3-6,10-11,13-14,18,20-22,29,34H,7-9,12,27H2,1-2H3,(H,28,30)(H,31,35)(H,32,37)(H,33,36)(H,38,39). The highest BCUT2D eigenvalue weighted by molar-refractivity contribution is 5.94. The number of carboxylic acids is 1. The molecule has 4 unspecified atom stereocenters. The third-order valence-electron chi connectivity index (χ3n) is 6.20. The summed E-state index contributed by atoms with van der Waals surface area (Å²) < 4.78 is 0. The van der Waals surface area contributed by atoms with Gasteiger partial charge in [0.05, 0.1) is 19.0 Å². The summed E-state index contributed by atoms with van der Waals surface area (Å²) in [5.41, 5.74) is 8.47. The van der Waals surface area contributed by atoms with E-state index in [-0.39, 0.29) is 25.2 Å². The minimum atomic E-state index is -1.44. The Hall–Kier alpha value is -4.23. The number of hydrogen-bond acceptors (Lipinski definition) is 7. The maximum Gasteiger partial charge on any atom is 0.326 e. The van der Waals surface area contributed by atoms with Gasteiger partial charge >= 0.3 is 5.97 Å². The van der Waals surface area contributed by atoms with Crippen molar-refractivity contribution in [3.63, 3.8) is 0 Å². The average Bonchev–Trinajstić information content (AvgIpc) is 3.56. The number of carbonyl (C=O) groups is 4. The topological polar surface area (TPSA) is 215 Å². The lowest BCUT2D eigenvalue weighted by Gasteiger charge is -2.24. The Morgan fingerprint density at radius 3 is 2.26 bits per heavy atom. The van der Waals surface area contributed by atoms with Crippen LogP contribution in [0.3, 0.4) is 0 Å². The first kappa shape index (κ1) is 29.3. The van der Waals surface area contributed by atoms with E-state index in [1.54, 1.807) is 20.0 Å². The first-order valence-corrected chi connectivity index (χ1v) is 12.6. The number of para-hydroxylation sites is 1. The van der Waals surface area contributed by atoms with Crippen molar-refractivity contribution in [3.05, 3.63) is 54.2 Å². The Kier molecular flexibility index (Phi) is 10.2. The van der Waals surface area contributed by atoms with E-state index >= 15 is 0 Å². The van der Waals surface area contributed by atoms with Crippen LogP contribution in [-0.2, 0) is 32.0 Å². The van der Waals surface area contributed by atoms with Crippen LogP contribution in [-0.4, -0.2) is 79.6 Å². The predicted molar refractivity (Wildman–Crippen MR) is 142 cm³/mol. The minimum Gasteiger partial charge on any atom is -0.480 e. The van der Waals surface area contributed by atoms with Gasteiger partial charge in [0.2, 0.25) is 17.7 Å². The monoisotopic (exact) mass is 541 g/mol. The molecule has 1 aromatic carbocycles. The summed E-state index contributed by atoms with van der Waals surface area (Å²) in [6.07, 6.45) is 5.06. The molecule has 4 atom stereocenters. The molecule has 3 rings (SSSR count). The smallest absolute Gasteiger partial charge is 0.326 e. The molecule has 0 fully saturated rings. The Morgan fingerprint density at radius 1 is 0.949 bits per heavy atom. The van der Waals surface area contributed by atoms with Gasteiger partial charge < -0.3 is 41.9 Å². The van der Waals surface area contributed by atoms with Crippen molar-refractivity contribution in [2.45, 2.75) is 57.3 Å². The number of imidazole rings is 1. The van der Waals surface area contributed by atoms with Gasteiger partial charge in [0, 0.05) is 35.4 Å². The van der Waals surface area contributed by atoms with Crippen LogP contribution < -0.4 is 21.7 Å². The summed E-state index contributed by atoms with van der Waals surface area (Å²) in [7, 11) is 0. The lowest BCUT2D eigenvalue weighted by molar-refractivity contribution is -0.143. The second-order valence-electron chi connectivity index (χ2n) is 9.78. The van der Waals surface area contributed by atoms with Crippen molar-refractivity contribution < 1.29 is 29.4 Å². The number of aliphatic hydroxyl groups excluding tert-OH is 1. The minimum absolute atomic E-state index is 0.00223. The Labute approximate surface area is 225 Å². The molecular weight excluding hydrogens is 506 g/mol. The SMILES string of the molecule is CC(C)CC(NC(=O)C(CO)NC(=O)C(Cc1cnc[nH]1)NC(=O)C(N)Cc1c[nH]c2ccccc12)C(=O)O. The van der Waals surface area contributed by atoms with Gasteiger partial charge in [-0.3, -0.25) is 14.4 Å². The number of benzene rings is 1.